The summed E-state index contributed by atoms with van der Waals surface area (Å²) in [5.41, 5.74) is -0.311. The number of carbonyl (C=O) groups excluding carboxylic acids is 1. The molecule has 8 nitrogen and oxygen atoms in total. The molecule has 144 valence electrons. The van der Waals surface area contributed by atoms with Crippen LogP contribution in [0.1, 0.15) is 51.5 Å². The lowest BCUT2D eigenvalue weighted by molar-refractivity contribution is -0.141. The highest BCUT2D eigenvalue weighted by Crippen LogP contribution is 2.38. The Hall–Kier alpha value is -2.77. The standard InChI is InChI=1S/C19H24N4O4/c1-13(23-18(27)14-7-3-4-8-15(14)21-22-23)17(26)20-12-19(11-16(24)25)9-5-2-6-10-19/h3-4,7-8,13H,2,5-6,9-12H2,1H3,(H,20,26)(H,24,25). The number of carboxylic acids is 1. The fourth-order valence-electron chi connectivity index (χ4n) is 3.83. The third-order valence-corrected chi connectivity index (χ3v) is 5.42. The summed E-state index contributed by atoms with van der Waals surface area (Å²) in [6.45, 7) is 1.88. The smallest absolute Gasteiger partial charge is 0.303 e. The number of hydrogen-bond acceptors (Lipinski definition) is 5. The Bertz CT molecular complexity index is 902. The lowest BCUT2D eigenvalue weighted by Gasteiger charge is -2.36. The molecule has 2 N–H and O–H groups in total. The van der Waals surface area contributed by atoms with Crippen molar-refractivity contribution in [1.82, 2.24) is 20.3 Å². The van der Waals surface area contributed by atoms with Crippen molar-refractivity contribution in [2.75, 3.05) is 6.54 Å². The Labute approximate surface area is 156 Å². The van der Waals surface area contributed by atoms with E-state index in [0.717, 1.165) is 36.8 Å². The minimum atomic E-state index is -0.851. The number of carbonyl (C=O) groups is 2. The largest absolute Gasteiger partial charge is 0.481 e. The van der Waals surface area contributed by atoms with Crippen LogP contribution >= 0.6 is 0 Å². The van der Waals surface area contributed by atoms with Crippen LogP contribution in [0, 0.1) is 5.41 Å². The summed E-state index contributed by atoms with van der Waals surface area (Å²) in [5.74, 6) is -1.21. The van der Waals surface area contributed by atoms with Gasteiger partial charge in [-0.15, -0.1) is 5.10 Å². The molecule has 1 atom stereocenters. The van der Waals surface area contributed by atoms with E-state index < -0.39 is 17.4 Å². The summed E-state index contributed by atoms with van der Waals surface area (Å²) in [6.07, 6.45) is 4.63. The molecule has 0 spiro atoms. The highest BCUT2D eigenvalue weighted by Gasteiger charge is 2.35. The number of carboxylic acid groups (broad SMARTS) is 1. The van der Waals surface area contributed by atoms with Gasteiger partial charge in [-0.2, -0.15) is 4.68 Å². The van der Waals surface area contributed by atoms with E-state index in [2.05, 4.69) is 15.6 Å². The number of aliphatic carboxylic acids is 1. The predicted molar refractivity (Wildman–Crippen MR) is 99.3 cm³/mol. The second kappa shape index (κ2) is 7.85. The predicted octanol–water partition coefficient (Wildman–Crippen LogP) is 1.89. The molecule has 1 saturated carbocycles. The number of fused-ring (bicyclic) bond motifs is 1. The SMILES string of the molecule is CC(C(=O)NCC1(CC(=O)O)CCCCC1)n1nnc2ccccc2c1=O. The van der Waals surface area contributed by atoms with Gasteiger partial charge in [0.25, 0.3) is 5.56 Å². The minimum absolute atomic E-state index is 0.0391. The van der Waals surface area contributed by atoms with Gasteiger partial charge < -0.3 is 10.4 Å². The summed E-state index contributed by atoms with van der Waals surface area (Å²) in [7, 11) is 0. The molecule has 0 aliphatic heterocycles. The van der Waals surface area contributed by atoms with Crippen molar-refractivity contribution in [1.29, 1.82) is 0 Å². The van der Waals surface area contributed by atoms with Gasteiger partial charge in [-0.3, -0.25) is 14.4 Å². The Kier molecular flexibility index (Phi) is 5.53. The zero-order valence-electron chi connectivity index (χ0n) is 15.4. The van der Waals surface area contributed by atoms with Crippen LogP contribution in [-0.4, -0.2) is 38.5 Å². The van der Waals surface area contributed by atoms with Gasteiger partial charge in [0, 0.05) is 6.54 Å². The summed E-state index contributed by atoms with van der Waals surface area (Å²) in [6, 6.07) is 6.01. The second-order valence-electron chi connectivity index (χ2n) is 7.38. The van der Waals surface area contributed by atoms with E-state index in [-0.39, 0.29) is 24.4 Å². The molecule has 27 heavy (non-hydrogen) atoms. The number of aromatic nitrogens is 3. The van der Waals surface area contributed by atoms with Crippen LogP contribution in [0.4, 0.5) is 0 Å². The van der Waals surface area contributed by atoms with E-state index in [1.54, 1.807) is 31.2 Å². The first-order valence-corrected chi connectivity index (χ1v) is 9.26. The van der Waals surface area contributed by atoms with Gasteiger partial charge in [-0.1, -0.05) is 36.6 Å². The average Bonchev–Trinajstić information content (AvgIpc) is 2.66. The van der Waals surface area contributed by atoms with Gasteiger partial charge in [-0.25, -0.2) is 0 Å². The molecule has 0 bridgehead atoms. The maximum Gasteiger partial charge on any atom is 0.303 e. The molecule has 1 aromatic carbocycles. The fourth-order valence-corrected chi connectivity index (χ4v) is 3.83. The van der Waals surface area contributed by atoms with Crippen molar-refractivity contribution in [2.45, 2.75) is 51.5 Å². The van der Waals surface area contributed by atoms with Gasteiger partial charge in [0.15, 0.2) is 0 Å². The summed E-state index contributed by atoms with van der Waals surface area (Å²) in [4.78, 5) is 36.5. The molecule has 1 fully saturated rings. The van der Waals surface area contributed by atoms with Gasteiger partial charge >= 0.3 is 5.97 Å². The van der Waals surface area contributed by atoms with E-state index >= 15 is 0 Å². The summed E-state index contributed by atoms with van der Waals surface area (Å²) >= 11 is 0. The molecule has 0 radical (unpaired) electrons. The number of rotatable bonds is 6. The molecule has 1 aliphatic rings. The number of amides is 1. The van der Waals surface area contributed by atoms with Crippen LogP contribution in [0.2, 0.25) is 0 Å². The first-order valence-electron chi connectivity index (χ1n) is 9.26. The number of benzene rings is 1. The van der Waals surface area contributed by atoms with Crippen LogP contribution in [0.3, 0.4) is 0 Å². The Balaban J connectivity index is 1.74. The third-order valence-electron chi connectivity index (χ3n) is 5.42. The van der Waals surface area contributed by atoms with Crippen molar-refractivity contribution in [3.8, 4) is 0 Å². The summed E-state index contributed by atoms with van der Waals surface area (Å²) in [5, 5.41) is 20.4. The van der Waals surface area contributed by atoms with Gasteiger partial charge in [0.2, 0.25) is 5.91 Å². The van der Waals surface area contributed by atoms with Gasteiger partial charge in [-0.05, 0) is 37.3 Å². The minimum Gasteiger partial charge on any atom is -0.481 e. The molecular formula is C19H24N4O4. The number of hydrogen-bond donors (Lipinski definition) is 2. The first kappa shape index (κ1) is 19.0. The van der Waals surface area contributed by atoms with Crippen LogP contribution in [0.15, 0.2) is 29.1 Å². The average molecular weight is 372 g/mol. The highest BCUT2D eigenvalue weighted by molar-refractivity contribution is 5.81. The van der Waals surface area contributed by atoms with Crippen LogP contribution < -0.4 is 10.9 Å². The molecule has 2 aromatic rings. The van der Waals surface area contributed by atoms with Crippen molar-refractivity contribution in [2.24, 2.45) is 5.41 Å². The zero-order valence-corrected chi connectivity index (χ0v) is 15.4. The molecular weight excluding hydrogens is 348 g/mol. The van der Waals surface area contributed by atoms with Crippen molar-refractivity contribution >= 4 is 22.8 Å². The number of nitrogens with zero attached hydrogens (tertiary/aromatic N) is 3. The van der Waals surface area contributed by atoms with E-state index in [1.165, 1.54) is 0 Å². The lowest BCUT2D eigenvalue weighted by Crippen LogP contribution is -2.44. The number of nitrogens with one attached hydrogen (secondary N) is 1. The molecule has 1 aromatic heterocycles. The van der Waals surface area contributed by atoms with Crippen LogP contribution in [-0.2, 0) is 9.59 Å². The third kappa shape index (κ3) is 4.15. The molecule has 1 aliphatic carbocycles. The molecule has 8 heteroatoms. The Morgan fingerprint density at radius 2 is 1.96 bits per heavy atom. The Morgan fingerprint density at radius 1 is 1.26 bits per heavy atom. The highest BCUT2D eigenvalue weighted by atomic mass is 16.4. The van der Waals surface area contributed by atoms with Crippen molar-refractivity contribution < 1.29 is 14.7 Å². The maximum absolute atomic E-state index is 12.6. The first-order chi connectivity index (χ1) is 12.9. The zero-order chi connectivity index (χ0) is 19.4. The molecule has 1 unspecified atom stereocenters. The fraction of sp³-hybridized carbons (Fsp3) is 0.526. The lowest BCUT2D eigenvalue weighted by atomic mass is 9.71. The van der Waals surface area contributed by atoms with E-state index in [0.29, 0.717) is 10.9 Å². The van der Waals surface area contributed by atoms with E-state index in [1.807, 2.05) is 0 Å². The van der Waals surface area contributed by atoms with Crippen molar-refractivity contribution in [3.63, 3.8) is 0 Å². The maximum atomic E-state index is 12.6. The van der Waals surface area contributed by atoms with Crippen LogP contribution in [0.5, 0.6) is 0 Å². The van der Waals surface area contributed by atoms with Crippen molar-refractivity contribution in [3.05, 3.63) is 34.6 Å². The topological polar surface area (TPSA) is 114 Å². The van der Waals surface area contributed by atoms with Gasteiger partial charge in [0.05, 0.1) is 11.8 Å². The monoisotopic (exact) mass is 372 g/mol. The quantitative estimate of drug-likeness (QED) is 0.800. The molecule has 0 saturated heterocycles. The second-order valence-corrected chi connectivity index (χ2v) is 7.38. The molecule has 1 amide bonds. The van der Waals surface area contributed by atoms with E-state index in [9.17, 15) is 19.5 Å². The van der Waals surface area contributed by atoms with Gasteiger partial charge in [0.1, 0.15) is 11.6 Å². The Morgan fingerprint density at radius 3 is 2.67 bits per heavy atom. The molecule has 3 rings (SSSR count). The van der Waals surface area contributed by atoms with E-state index in [4.69, 9.17) is 0 Å². The van der Waals surface area contributed by atoms with Crippen LogP contribution in [0.25, 0.3) is 10.9 Å². The summed E-state index contributed by atoms with van der Waals surface area (Å²) < 4.78 is 1.07. The molecule has 1 heterocycles. The normalized spacial score (nSPS) is 17.4.